The van der Waals surface area contributed by atoms with Crippen molar-refractivity contribution < 1.29 is 9.90 Å². The lowest BCUT2D eigenvalue weighted by molar-refractivity contribution is -0.109. The fourth-order valence-electron chi connectivity index (χ4n) is 3.42. The smallest absolute Gasteiger partial charge is 0.187 e. The van der Waals surface area contributed by atoms with Crippen LogP contribution in [-0.4, -0.2) is 24.7 Å². The molecule has 7 heteroatoms. The summed E-state index contributed by atoms with van der Waals surface area (Å²) in [5, 5.41) is 12.1. The molecule has 0 unspecified atom stereocenters. The lowest BCUT2D eigenvalue weighted by atomic mass is 10.0. The van der Waals surface area contributed by atoms with Crippen LogP contribution in [0, 0.1) is 6.45 Å². The first kappa shape index (κ1) is 17.6. The van der Waals surface area contributed by atoms with Gasteiger partial charge in [-0.2, -0.15) is 0 Å². The third kappa shape index (κ3) is 2.79. The second-order valence-electron chi connectivity index (χ2n) is 6.50. The maximum absolute atomic E-state index is 12.9. The summed E-state index contributed by atoms with van der Waals surface area (Å²) in [6, 6.07) is 7.46. The number of phenolic OH excluding ortho intramolecular Hbond substituents is 1. The first-order chi connectivity index (χ1) is 11.8. The van der Waals surface area contributed by atoms with E-state index in [4.69, 9.17) is 4.99 Å². The molecule has 1 aromatic carbocycles. The van der Waals surface area contributed by atoms with Gasteiger partial charge in [-0.05, 0) is 92.0 Å². The third-order valence-electron chi connectivity index (χ3n) is 4.55. The van der Waals surface area contributed by atoms with Crippen molar-refractivity contribution in [3.8, 4) is 5.75 Å². The SMILES string of the molecule is C[Si]1(C)C2=C(c3sc(I)cc3I)C(=O)C=CC2=Nc2ccc(O)cc21. The van der Waals surface area contributed by atoms with E-state index >= 15 is 0 Å². The van der Waals surface area contributed by atoms with E-state index in [0.29, 0.717) is 0 Å². The first-order valence-electron chi connectivity index (χ1n) is 7.64. The summed E-state index contributed by atoms with van der Waals surface area (Å²) in [7, 11) is -2.19. The van der Waals surface area contributed by atoms with Gasteiger partial charge in [-0.3, -0.25) is 4.79 Å². The number of ketones is 1. The van der Waals surface area contributed by atoms with E-state index in [0.717, 1.165) is 35.8 Å². The minimum absolute atomic E-state index is 0.0503. The van der Waals surface area contributed by atoms with E-state index in [9.17, 15) is 9.90 Å². The summed E-state index contributed by atoms with van der Waals surface area (Å²) >= 11 is 6.26. The van der Waals surface area contributed by atoms with Gasteiger partial charge in [-0.1, -0.05) is 13.1 Å². The Balaban J connectivity index is 2.08. The number of carbonyl (C=O) groups excluding carboxylic acids is 1. The molecule has 2 aromatic rings. The van der Waals surface area contributed by atoms with Gasteiger partial charge in [0.1, 0.15) is 13.8 Å². The Morgan fingerprint density at radius 2 is 1.92 bits per heavy atom. The highest BCUT2D eigenvalue weighted by molar-refractivity contribution is 14.1. The molecule has 0 atom stereocenters. The maximum Gasteiger partial charge on any atom is 0.187 e. The topological polar surface area (TPSA) is 49.7 Å². The minimum atomic E-state index is -2.19. The third-order valence-corrected chi connectivity index (χ3v) is 11.2. The summed E-state index contributed by atoms with van der Waals surface area (Å²) < 4.78 is 2.27. The van der Waals surface area contributed by atoms with Crippen LogP contribution in [0.2, 0.25) is 13.1 Å². The van der Waals surface area contributed by atoms with Crippen LogP contribution in [0.4, 0.5) is 5.69 Å². The van der Waals surface area contributed by atoms with Gasteiger partial charge in [-0.25, -0.2) is 4.99 Å². The fraction of sp³-hybridized carbons (Fsp3) is 0.111. The summed E-state index contributed by atoms with van der Waals surface area (Å²) in [6.07, 6.45) is 3.48. The quantitative estimate of drug-likeness (QED) is 0.296. The van der Waals surface area contributed by atoms with E-state index in [1.807, 2.05) is 18.2 Å². The van der Waals surface area contributed by atoms with Crippen molar-refractivity contribution in [1.82, 2.24) is 0 Å². The molecule has 4 rings (SSSR count). The number of hydrogen-bond donors (Lipinski definition) is 1. The van der Waals surface area contributed by atoms with Crippen LogP contribution in [0.15, 0.2) is 46.6 Å². The van der Waals surface area contributed by atoms with Gasteiger partial charge >= 0.3 is 0 Å². The summed E-state index contributed by atoms with van der Waals surface area (Å²) in [6.45, 7) is 4.46. The van der Waals surface area contributed by atoms with Gasteiger partial charge in [-0.15, -0.1) is 11.3 Å². The van der Waals surface area contributed by atoms with Crippen molar-refractivity contribution in [2.75, 3.05) is 0 Å². The molecule has 1 aromatic heterocycles. The summed E-state index contributed by atoms with van der Waals surface area (Å²) in [5.41, 5.74) is 2.59. The number of carbonyl (C=O) groups is 1. The van der Waals surface area contributed by atoms with E-state index < -0.39 is 8.07 Å². The molecule has 0 amide bonds. The molecule has 0 spiro atoms. The number of aliphatic imine (C=N–C) groups is 1. The summed E-state index contributed by atoms with van der Waals surface area (Å²) in [5.74, 6) is 0.298. The van der Waals surface area contributed by atoms with Crippen LogP contribution >= 0.6 is 56.5 Å². The molecule has 1 aliphatic heterocycles. The molecule has 0 radical (unpaired) electrons. The molecule has 0 saturated carbocycles. The Labute approximate surface area is 177 Å². The molecule has 0 saturated heterocycles. The Morgan fingerprint density at radius 1 is 1.16 bits per heavy atom. The number of phenols is 1. The van der Waals surface area contributed by atoms with Crippen LogP contribution < -0.4 is 5.19 Å². The van der Waals surface area contributed by atoms with Crippen molar-refractivity contribution in [1.29, 1.82) is 0 Å². The van der Waals surface area contributed by atoms with E-state index in [1.165, 1.54) is 2.88 Å². The lowest BCUT2D eigenvalue weighted by Crippen LogP contribution is -2.50. The molecular weight excluding hydrogens is 576 g/mol. The maximum atomic E-state index is 12.9. The van der Waals surface area contributed by atoms with Crippen molar-refractivity contribution in [2.24, 2.45) is 4.99 Å². The average Bonchev–Trinajstić information content (AvgIpc) is 2.87. The van der Waals surface area contributed by atoms with Gasteiger partial charge in [0.2, 0.25) is 0 Å². The van der Waals surface area contributed by atoms with Gasteiger partial charge < -0.3 is 5.11 Å². The van der Waals surface area contributed by atoms with Crippen molar-refractivity contribution in [3.05, 3.63) is 52.9 Å². The van der Waals surface area contributed by atoms with Crippen LogP contribution in [0.3, 0.4) is 0 Å². The number of fused-ring (bicyclic) bond motifs is 2. The monoisotopic (exact) mass is 589 g/mol. The Bertz CT molecular complexity index is 1030. The highest BCUT2D eigenvalue weighted by atomic mass is 127. The molecular formula is C18H13I2NO2SSi. The fourth-order valence-corrected chi connectivity index (χ4v) is 10.2. The standard InChI is InChI=1S/C18H13I2NO2SSi/c1-25(2)14-7-9(22)3-4-11(14)21-12-5-6-13(23)16(18(12)25)17-10(19)8-15(20)24-17/h3-8,22H,1-2H3. The van der Waals surface area contributed by atoms with E-state index in [1.54, 1.807) is 23.5 Å². The second kappa shape index (κ2) is 6.14. The average molecular weight is 589 g/mol. The van der Waals surface area contributed by atoms with Crippen LogP contribution in [0.1, 0.15) is 4.88 Å². The summed E-state index contributed by atoms with van der Waals surface area (Å²) in [4.78, 5) is 18.7. The highest BCUT2D eigenvalue weighted by Crippen LogP contribution is 2.41. The molecule has 0 fully saturated rings. The van der Waals surface area contributed by atoms with Gasteiger partial charge in [0.25, 0.3) is 0 Å². The van der Waals surface area contributed by atoms with Crippen LogP contribution in [0.25, 0.3) is 5.57 Å². The molecule has 2 aliphatic rings. The predicted molar refractivity (Wildman–Crippen MR) is 123 cm³/mol. The van der Waals surface area contributed by atoms with Gasteiger partial charge in [0, 0.05) is 9.14 Å². The number of thiophene rings is 1. The molecule has 1 aliphatic carbocycles. The second-order valence-corrected chi connectivity index (χ2v) is 14.9. The zero-order valence-corrected chi connectivity index (χ0v) is 19.6. The Morgan fingerprint density at radius 3 is 2.60 bits per heavy atom. The van der Waals surface area contributed by atoms with Crippen molar-refractivity contribution in [2.45, 2.75) is 13.1 Å². The number of halogens is 2. The Hall–Kier alpha value is -0.783. The van der Waals surface area contributed by atoms with E-state index in [2.05, 4.69) is 64.3 Å². The molecule has 3 nitrogen and oxygen atoms in total. The minimum Gasteiger partial charge on any atom is -0.508 e. The van der Waals surface area contributed by atoms with Crippen LogP contribution in [-0.2, 0) is 4.79 Å². The van der Waals surface area contributed by atoms with Gasteiger partial charge in [0.05, 0.1) is 19.2 Å². The van der Waals surface area contributed by atoms with E-state index in [-0.39, 0.29) is 11.5 Å². The van der Waals surface area contributed by atoms with Gasteiger partial charge in [0.15, 0.2) is 5.78 Å². The largest absolute Gasteiger partial charge is 0.508 e. The van der Waals surface area contributed by atoms with Crippen molar-refractivity contribution in [3.63, 3.8) is 0 Å². The zero-order valence-electron chi connectivity index (χ0n) is 13.4. The normalized spacial score (nSPS) is 18.1. The molecule has 2 heterocycles. The van der Waals surface area contributed by atoms with Crippen LogP contribution in [0.5, 0.6) is 5.75 Å². The Kier molecular flexibility index (Phi) is 4.32. The number of allylic oxidation sites excluding steroid dienone is 4. The molecule has 126 valence electrons. The predicted octanol–water partition coefficient (Wildman–Crippen LogP) is 4.80. The lowest BCUT2D eigenvalue weighted by Gasteiger charge is -2.35. The number of aromatic hydroxyl groups is 1. The highest BCUT2D eigenvalue weighted by Gasteiger charge is 2.41. The zero-order chi connectivity index (χ0) is 17.9. The number of hydrogen-bond acceptors (Lipinski definition) is 4. The van der Waals surface area contributed by atoms with Crippen molar-refractivity contribution >= 4 is 92.5 Å². The first-order valence-corrected chi connectivity index (χ1v) is 13.6. The molecule has 0 bridgehead atoms. The molecule has 1 N–H and O–H groups in total. The number of rotatable bonds is 1. The number of benzene rings is 1. The number of nitrogens with zero attached hydrogens (tertiary/aromatic N) is 1. The molecule has 25 heavy (non-hydrogen) atoms.